The van der Waals surface area contributed by atoms with Gasteiger partial charge in [0.15, 0.2) is 0 Å². The smallest absolute Gasteiger partial charge is 0.254 e. The Labute approximate surface area is 136 Å². The quantitative estimate of drug-likeness (QED) is 0.854. The van der Waals surface area contributed by atoms with Gasteiger partial charge in [-0.1, -0.05) is 18.2 Å². The molecule has 1 aliphatic heterocycles. The minimum atomic E-state index is 0.0821. The zero-order chi connectivity index (χ0) is 16.0. The summed E-state index contributed by atoms with van der Waals surface area (Å²) in [6.45, 7) is 5.35. The Bertz CT molecular complexity index is 744. The molecule has 1 aromatic heterocycles. The Kier molecular flexibility index (Phi) is 3.57. The minimum Gasteiger partial charge on any atom is -0.372 e. The number of nitrogens with zero attached hydrogens (tertiary/aromatic N) is 2. The third kappa shape index (κ3) is 2.83. The molecule has 1 saturated carbocycles. The monoisotopic (exact) mass is 310 g/mol. The van der Waals surface area contributed by atoms with E-state index in [1.54, 1.807) is 0 Å². The highest BCUT2D eigenvalue weighted by Gasteiger charge is 2.30. The van der Waals surface area contributed by atoms with E-state index >= 15 is 0 Å². The van der Waals surface area contributed by atoms with Gasteiger partial charge in [-0.25, -0.2) is 0 Å². The summed E-state index contributed by atoms with van der Waals surface area (Å²) in [6.07, 6.45) is 2.53. The van der Waals surface area contributed by atoms with Gasteiger partial charge in [-0.05, 0) is 38.8 Å². The minimum absolute atomic E-state index is 0.0821. The average Bonchev–Trinajstić information content (AvgIpc) is 3.37. The van der Waals surface area contributed by atoms with Gasteiger partial charge in [0, 0.05) is 30.1 Å². The van der Waals surface area contributed by atoms with Gasteiger partial charge < -0.3 is 9.64 Å². The standard InChI is InChI=1S/C19H22N2O2/c1-12-10-21(11-13(2)23-12)19(22)16-9-18(14-7-8-14)20-17-6-4-3-5-15(16)17/h3-6,9,12-14H,7-8,10-11H2,1-2H3/t12-,13-/m1/s1. The van der Waals surface area contributed by atoms with Crippen LogP contribution in [-0.2, 0) is 4.74 Å². The Morgan fingerprint density at radius 3 is 2.57 bits per heavy atom. The molecule has 2 atom stereocenters. The van der Waals surface area contributed by atoms with Crippen LogP contribution in [0.4, 0.5) is 0 Å². The molecule has 4 heteroatoms. The van der Waals surface area contributed by atoms with E-state index in [2.05, 4.69) is 0 Å². The molecular weight excluding hydrogens is 288 g/mol. The molecule has 0 bridgehead atoms. The first kappa shape index (κ1) is 14.6. The average molecular weight is 310 g/mol. The molecule has 1 aliphatic carbocycles. The van der Waals surface area contributed by atoms with Crippen molar-refractivity contribution in [3.05, 3.63) is 41.6 Å². The second-order valence-electron chi connectivity index (χ2n) is 6.85. The summed E-state index contributed by atoms with van der Waals surface area (Å²) in [5, 5.41) is 0.952. The van der Waals surface area contributed by atoms with Gasteiger partial charge in [-0.15, -0.1) is 0 Å². The van der Waals surface area contributed by atoms with Crippen LogP contribution in [-0.4, -0.2) is 41.1 Å². The molecule has 4 nitrogen and oxygen atoms in total. The molecule has 1 amide bonds. The number of hydrogen-bond acceptors (Lipinski definition) is 3. The normalized spacial score (nSPS) is 24.9. The van der Waals surface area contributed by atoms with Crippen LogP contribution in [0.2, 0.25) is 0 Å². The third-order valence-electron chi connectivity index (χ3n) is 4.67. The number of ether oxygens (including phenoxy) is 1. The lowest BCUT2D eigenvalue weighted by atomic mass is 10.0. The van der Waals surface area contributed by atoms with Crippen molar-refractivity contribution in [1.29, 1.82) is 0 Å². The number of rotatable bonds is 2. The van der Waals surface area contributed by atoms with E-state index in [4.69, 9.17) is 9.72 Å². The Balaban J connectivity index is 1.76. The van der Waals surface area contributed by atoms with Crippen molar-refractivity contribution in [2.45, 2.75) is 44.8 Å². The molecule has 23 heavy (non-hydrogen) atoms. The van der Waals surface area contributed by atoms with E-state index in [-0.39, 0.29) is 18.1 Å². The lowest BCUT2D eigenvalue weighted by Crippen LogP contribution is -2.48. The summed E-state index contributed by atoms with van der Waals surface area (Å²) in [7, 11) is 0. The van der Waals surface area contributed by atoms with E-state index < -0.39 is 0 Å². The van der Waals surface area contributed by atoms with Crippen molar-refractivity contribution < 1.29 is 9.53 Å². The maximum Gasteiger partial charge on any atom is 0.254 e. The first-order valence-electron chi connectivity index (χ1n) is 8.46. The van der Waals surface area contributed by atoms with Gasteiger partial charge in [0.1, 0.15) is 0 Å². The highest BCUT2D eigenvalue weighted by atomic mass is 16.5. The summed E-state index contributed by atoms with van der Waals surface area (Å²) in [5.74, 6) is 0.640. The predicted octanol–water partition coefficient (Wildman–Crippen LogP) is 3.36. The predicted molar refractivity (Wildman–Crippen MR) is 89.6 cm³/mol. The SMILES string of the molecule is C[C@@H]1CN(C(=O)c2cc(C3CC3)nc3ccccc23)C[C@@H](C)O1. The van der Waals surface area contributed by atoms with Crippen LogP contribution >= 0.6 is 0 Å². The third-order valence-corrected chi connectivity index (χ3v) is 4.67. The molecule has 0 radical (unpaired) electrons. The second kappa shape index (κ2) is 5.60. The lowest BCUT2D eigenvalue weighted by molar-refractivity contribution is -0.0585. The summed E-state index contributed by atoms with van der Waals surface area (Å²) in [6, 6.07) is 9.98. The molecule has 4 rings (SSSR count). The summed E-state index contributed by atoms with van der Waals surface area (Å²) < 4.78 is 5.76. The maximum absolute atomic E-state index is 13.1. The number of benzene rings is 1. The van der Waals surface area contributed by atoms with Crippen molar-refractivity contribution in [2.75, 3.05) is 13.1 Å². The van der Waals surface area contributed by atoms with Crippen LogP contribution in [0.25, 0.3) is 10.9 Å². The number of amides is 1. The van der Waals surface area contributed by atoms with Crippen LogP contribution in [0.15, 0.2) is 30.3 Å². The number of para-hydroxylation sites is 1. The van der Waals surface area contributed by atoms with Gasteiger partial charge in [-0.2, -0.15) is 0 Å². The van der Waals surface area contributed by atoms with Crippen molar-refractivity contribution in [2.24, 2.45) is 0 Å². The van der Waals surface area contributed by atoms with Gasteiger partial charge in [0.05, 0.1) is 23.3 Å². The fourth-order valence-corrected chi connectivity index (χ4v) is 3.48. The number of aromatic nitrogens is 1. The number of pyridine rings is 1. The second-order valence-corrected chi connectivity index (χ2v) is 6.85. The first-order valence-corrected chi connectivity index (χ1v) is 8.46. The van der Waals surface area contributed by atoms with Crippen molar-refractivity contribution in [3.8, 4) is 0 Å². The van der Waals surface area contributed by atoms with E-state index in [1.807, 2.05) is 49.1 Å². The number of hydrogen-bond donors (Lipinski definition) is 0. The topological polar surface area (TPSA) is 42.4 Å². The molecule has 1 saturated heterocycles. The van der Waals surface area contributed by atoms with E-state index in [9.17, 15) is 4.79 Å². The zero-order valence-electron chi connectivity index (χ0n) is 13.7. The molecule has 0 unspecified atom stereocenters. The van der Waals surface area contributed by atoms with Gasteiger partial charge in [0.25, 0.3) is 5.91 Å². The number of carbonyl (C=O) groups excluding carboxylic acids is 1. The fourth-order valence-electron chi connectivity index (χ4n) is 3.48. The van der Waals surface area contributed by atoms with Gasteiger partial charge in [-0.3, -0.25) is 9.78 Å². The highest BCUT2D eigenvalue weighted by Crippen LogP contribution is 2.40. The number of fused-ring (bicyclic) bond motifs is 1. The van der Waals surface area contributed by atoms with Crippen LogP contribution in [0, 0.1) is 0 Å². The Morgan fingerprint density at radius 2 is 1.87 bits per heavy atom. The highest BCUT2D eigenvalue weighted by molar-refractivity contribution is 6.06. The van der Waals surface area contributed by atoms with Crippen molar-refractivity contribution >= 4 is 16.8 Å². The van der Waals surface area contributed by atoms with Crippen LogP contribution in [0.5, 0.6) is 0 Å². The van der Waals surface area contributed by atoms with Gasteiger partial charge in [0.2, 0.25) is 0 Å². The molecule has 2 aliphatic rings. The Hall–Kier alpha value is -1.94. The molecule has 0 spiro atoms. The van der Waals surface area contributed by atoms with Crippen molar-refractivity contribution in [3.63, 3.8) is 0 Å². The van der Waals surface area contributed by atoms with E-state index in [0.717, 1.165) is 22.2 Å². The zero-order valence-corrected chi connectivity index (χ0v) is 13.7. The molecule has 2 heterocycles. The number of carbonyl (C=O) groups is 1. The Morgan fingerprint density at radius 1 is 1.17 bits per heavy atom. The molecular formula is C19H22N2O2. The van der Waals surface area contributed by atoms with E-state index in [0.29, 0.717) is 19.0 Å². The van der Waals surface area contributed by atoms with Crippen molar-refractivity contribution in [1.82, 2.24) is 9.88 Å². The van der Waals surface area contributed by atoms with E-state index in [1.165, 1.54) is 12.8 Å². The number of morpholine rings is 1. The fraction of sp³-hybridized carbons (Fsp3) is 0.474. The maximum atomic E-state index is 13.1. The molecule has 1 aromatic carbocycles. The lowest BCUT2D eigenvalue weighted by Gasteiger charge is -2.35. The van der Waals surface area contributed by atoms with Crippen LogP contribution in [0.1, 0.15) is 48.7 Å². The summed E-state index contributed by atoms with van der Waals surface area (Å²) >= 11 is 0. The largest absolute Gasteiger partial charge is 0.372 e. The molecule has 120 valence electrons. The molecule has 0 N–H and O–H groups in total. The first-order chi connectivity index (χ1) is 11.1. The summed E-state index contributed by atoms with van der Waals surface area (Å²) in [5.41, 5.74) is 2.79. The molecule has 2 fully saturated rings. The molecule has 2 aromatic rings. The van der Waals surface area contributed by atoms with Crippen LogP contribution in [0.3, 0.4) is 0 Å². The van der Waals surface area contributed by atoms with Gasteiger partial charge >= 0.3 is 0 Å². The van der Waals surface area contributed by atoms with Crippen LogP contribution < -0.4 is 0 Å². The summed E-state index contributed by atoms with van der Waals surface area (Å²) in [4.78, 5) is 19.8.